The SMILES string of the molecule is O=C1C=c2cc(CCN3CCN(c4nsc5ccccc45)CC3)ccc2=N1. The van der Waals surface area contributed by atoms with Gasteiger partial charge in [-0.1, -0.05) is 18.2 Å². The third-order valence-corrected chi connectivity index (χ3v) is 6.17. The lowest BCUT2D eigenvalue weighted by Gasteiger charge is -2.35. The van der Waals surface area contributed by atoms with Crippen LogP contribution in [0.1, 0.15) is 5.56 Å². The molecule has 5 nitrogen and oxygen atoms in total. The maximum Gasteiger partial charge on any atom is 0.270 e. The third kappa shape index (κ3) is 3.26. The van der Waals surface area contributed by atoms with Crippen molar-refractivity contribution in [2.45, 2.75) is 6.42 Å². The van der Waals surface area contributed by atoms with Crippen LogP contribution >= 0.6 is 11.5 Å². The van der Waals surface area contributed by atoms with Crippen molar-refractivity contribution in [3.63, 3.8) is 0 Å². The number of carbonyl (C=O) groups is 1. The van der Waals surface area contributed by atoms with E-state index in [9.17, 15) is 4.79 Å². The first kappa shape index (κ1) is 16.6. The van der Waals surface area contributed by atoms with Gasteiger partial charge in [-0.05, 0) is 47.8 Å². The summed E-state index contributed by atoms with van der Waals surface area (Å²) in [6.07, 6.45) is 2.62. The number of benzene rings is 2. The summed E-state index contributed by atoms with van der Waals surface area (Å²) in [4.78, 5) is 20.3. The van der Waals surface area contributed by atoms with Crippen LogP contribution in [0, 0.1) is 0 Å². The molecule has 0 spiro atoms. The second-order valence-electron chi connectivity index (χ2n) is 7.07. The van der Waals surface area contributed by atoms with Gasteiger partial charge in [-0.25, -0.2) is 4.99 Å². The third-order valence-electron chi connectivity index (χ3n) is 5.35. The fourth-order valence-electron chi connectivity index (χ4n) is 3.83. The molecule has 0 atom stereocenters. The maximum absolute atomic E-state index is 11.4. The molecule has 2 aliphatic rings. The summed E-state index contributed by atoms with van der Waals surface area (Å²) in [7, 11) is 0. The van der Waals surface area contributed by atoms with E-state index >= 15 is 0 Å². The Kier molecular flexibility index (Phi) is 4.22. The number of anilines is 1. The van der Waals surface area contributed by atoms with Crippen molar-refractivity contribution in [1.29, 1.82) is 0 Å². The van der Waals surface area contributed by atoms with Gasteiger partial charge in [0.25, 0.3) is 5.91 Å². The minimum Gasteiger partial charge on any atom is -0.353 e. The Balaban J connectivity index is 1.21. The predicted octanol–water partition coefficient (Wildman–Crippen LogP) is 1.60. The van der Waals surface area contributed by atoms with Crippen LogP contribution in [0.25, 0.3) is 16.2 Å². The van der Waals surface area contributed by atoms with E-state index in [0.717, 1.165) is 55.5 Å². The van der Waals surface area contributed by atoms with Gasteiger partial charge in [0.2, 0.25) is 0 Å². The quantitative estimate of drug-likeness (QED) is 0.694. The molecule has 1 fully saturated rings. The van der Waals surface area contributed by atoms with Gasteiger partial charge in [-0.3, -0.25) is 9.69 Å². The topological polar surface area (TPSA) is 48.8 Å². The number of aromatic nitrogens is 1. The summed E-state index contributed by atoms with van der Waals surface area (Å²) < 4.78 is 5.94. The molecule has 0 unspecified atom stereocenters. The van der Waals surface area contributed by atoms with Gasteiger partial charge in [0.05, 0.1) is 10.1 Å². The molecule has 2 aliphatic heterocycles. The molecule has 0 saturated carbocycles. The van der Waals surface area contributed by atoms with Crippen LogP contribution in [0.2, 0.25) is 0 Å². The highest BCUT2D eigenvalue weighted by molar-refractivity contribution is 7.13. The van der Waals surface area contributed by atoms with E-state index < -0.39 is 0 Å². The van der Waals surface area contributed by atoms with Gasteiger partial charge in [0, 0.05) is 49.4 Å². The summed E-state index contributed by atoms with van der Waals surface area (Å²) in [5.74, 6) is 0.991. The molecule has 1 aromatic heterocycles. The predicted molar refractivity (Wildman–Crippen MR) is 109 cm³/mol. The number of carbonyl (C=O) groups excluding carboxylic acids is 1. The van der Waals surface area contributed by atoms with Gasteiger partial charge in [-0.2, -0.15) is 4.37 Å². The number of hydrogen-bond donors (Lipinski definition) is 0. The van der Waals surface area contributed by atoms with Gasteiger partial charge >= 0.3 is 0 Å². The second kappa shape index (κ2) is 6.87. The van der Waals surface area contributed by atoms with Crippen molar-refractivity contribution in [3.05, 3.63) is 58.6 Å². The summed E-state index contributed by atoms with van der Waals surface area (Å²) in [5, 5.41) is 3.02. The average Bonchev–Trinajstić information content (AvgIpc) is 3.29. The van der Waals surface area contributed by atoms with E-state index in [-0.39, 0.29) is 5.91 Å². The lowest BCUT2D eigenvalue weighted by atomic mass is 10.1. The molecule has 3 heterocycles. The minimum absolute atomic E-state index is 0.146. The Morgan fingerprint density at radius 3 is 2.78 bits per heavy atom. The summed E-state index contributed by atoms with van der Waals surface area (Å²) in [5.41, 5.74) is 1.27. The van der Waals surface area contributed by atoms with Crippen molar-refractivity contribution in [3.8, 4) is 0 Å². The Hall–Kier alpha value is -2.57. The Labute approximate surface area is 161 Å². The number of nitrogens with zero attached hydrogens (tertiary/aromatic N) is 4. The largest absolute Gasteiger partial charge is 0.353 e. The molecule has 0 radical (unpaired) electrons. The fourth-order valence-corrected chi connectivity index (χ4v) is 4.63. The molecule has 136 valence electrons. The highest BCUT2D eigenvalue weighted by atomic mass is 32.1. The van der Waals surface area contributed by atoms with E-state index in [2.05, 4.69) is 55.6 Å². The van der Waals surface area contributed by atoms with Crippen LogP contribution in [-0.4, -0.2) is 47.9 Å². The van der Waals surface area contributed by atoms with E-state index in [1.807, 2.05) is 6.07 Å². The standard InChI is InChI=1S/C21H20N4OS/c26-20-14-16-13-15(5-6-18(16)22-20)7-8-24-9-11-25(12-10-24)21-17-3-1-2-4-19(17)27-23-21/h1-6,13-14H,7-12H2. The van der Waals surface area contributed by atoms with Crippen molar-refractivity contribution >= 4 is 39.4 Å². The molecule has 5 rings (SSSR count). The first-order valence-corrected chi connectivity index (χ1v) is 10.1. The minimum atomic E-state index is -0.146. The molecule has 0 bridgehead atoms. The first-order chi connectivity index (χ1) is 13.3. The lowest BCUT2D eigenvalue weighted by molar-refractivity contribution is -0.112. The molecule has 0 aliphatic carbocycles. The van der Waals surface area contributed by atoms with E-state index in [4.69, 9.17) is 0 Å². The zero-order valence-corrected chi connectivity index (χ0v) is 15.8. The Morgan fingerprint density at radius 1 is 1.04 bits per heavy atom. The average molecular weight is 376 g/mol. The fraction of sp³-hybridized carbons (Fsp3) is 0.286. The lowest BCUT2D eigenvalue weighted by Crippen LogP contribution is -2.47. The van der Waals surface area contributed by atoms with Crippen molar-refractivity contribution in [1.82, 2.24) is 9.27 Å². The molecule has 3 aromatic rings. The van der Waals surface area contributed by atoms with Crippen LogP contribution in [0.5, 0.6) is 0 Å². The van der Waals surface area contributed by atoms with Crippen LogP contribution < -0.4 is 15.5 Å². The Bertz CT molecular complexity index is 1130. The molecule has 1 saturated heterocycles. The van der Waals surface area contributed by atoms with Gasteiger partial charge in [-0.15, -0.1) is 0 Å². The monoisotopic (exact) mass is 376 g/mol. The molecular formula is C21H20N4OS. The molecule has 27 heavy (non-hydrogen) atoms. The highest BCUT2D eigenvalue weighted by Crippen LogP contribution is 2.29. The van der Waals surface area contributed by atoms with Gasteiger partial charge < -0.3 is 4.90 Å². The van der Waals surface area contributed by atoms with Crippen LogP contribution in [0.4, 0.5) is 5.82 Å². The zero-order valence-electron chi connectivity index (χ0n) is 15.0. The maximum atomic E-state index is 11.4. The first-order valence-electron chi connectivity index (χ1n) is 9.31. The molecule has 1 amide bonds. The molecule has 6 heteroatoms. The van der Waals surface area contributed by atoms with Crippen molar-refractivity contribution < 1.29 is 4.79 Å². The number of amides is 1. The van der Waals surface area contributed by atoms with Crippen molar-refractivity contribution in [2.24, 2.45) is 4.99 Å². The van der Waals surface area contributed by atoms with Gasteiger partial charge in [0.1, 0.15) is 5.82 Å². The van der Waals surface area contributed by atoms with E-state index in [0.29, 0.717) is 0 Å². The zero-order chi connectivity index (χ0) is 18.2. The normalized spacial score (nSPS) is 17.0. The van der Waals surface area contributed by atoms with E-state index in [1.54, 1.807) is 17.6 Å². The van der Waals surface area contributed by atoms with Crippen LogP contribution in [0.3, 0.4) is 0 Å². The van der Waals surface area contributed by atoms with Crippen LogP contribution in [-0.2, 0) is 11.2 Å². The smallest absolute Gasteiger partial charge is 0.270 e. The Morgan fingerprint density at radius 2 is 1.89 bits per heavy atom. The summed E-state index contributed by atoms with van der Waals surface area (Å²) in [6.45, 7) is 5.17. The molecule has 0 N–H and O–H groups in total. The highest BCUT2D eigenvalue weighted by Gasteiger charge is 2.20. The number of piperazine rings is 1. The molecule has 2 aromatic carbocycles. The van der Waals surface area contributed by atoms with Crippen LogP contribution in [0.15, 0.2) is 47.5 Å². The number of rotatable bonds is 4. The number of fused-ring (bicyclic) bond motifs is 2. The van der Waals surface area contributed by atoms with Gasteiger partial charge in [0.15, 0.2) is 0 Å². The molecular weight excluding hydrogens is 356 g/mol. The number of hydrogen-bond acceptors (Lipinski definition) is 5. The summed E-state index contributed by atoms with van der Waals surface area (Å²) >= 11 is 1.59. The van der Waals surface area contributed by atoms with E-state index in [1.165, 1.54) is 15.6 Å². The van der Waals surface area contributed by atoms with Crippen molar-refractivity contribution in [2.75, 3.05) is 37.6 Å². The summed E-state index contributed by atoms with van der Waals surface area (Å²) in [6, 6.07) is 14.6. The second-order valence-corrected chi connectivity index (χ2v) is 7.87.